The summed E-state index contributed by atoms with van der Waals surface area (Å²) < 4.78 is 0. The SMILES string of the molecule is CPC12CC(C)(C(C)CC1C)[C@@H](C)C[C@H]2C. The molecule has 2 aliphatic carbocycles. The first-order valence-electron chi connectivity index (χ1n) is 7.05. The fourth-order valence-corrected chi connectivity index (χ4v) is 6.68. The van der Waals surface area contributed by atoms with E-state index >= 15 is 0 Å². The summed E-state index contributed by atoms with van der Waals surface area (Å²) in [4.78, 5) is 0. The molecule has 16 heavy (non-hydrogen) atoms. The molecule has 0 aromatic rings. The lowest BCUT2D eigenvalue weighted by molar-refractivity contribution is -0.0496. The summed E-state index contributed by atoms with van der Waals surface area (Å²) in [5.74, 6) is 3.74. The molecule has 2 fully saturated rings. The quantitative estimate of drug-likeness (QED) is 0.578. The van der Waals surface area contributed by atoms with Gasteiger partial charge in [-0.1, -0.05) is 34.6 Å². The maximum absolute atomic E-state index is 2.58. The highest BCUT2D eigenvalue weighted by atomic mass is 31.1. The van der Waals surface area contributed by atoms with Crippen molar-refractivity contribution in [2.24, 2.45) is 29.1 Å². The van der Waals surface area contributed by atoms with Gasteiger partial charge < -0.3 is 0 Å². The smallest absolute Gasteiger partial charge is 0.00676 e. The van der Waals surface area contributed by atoms with Crippen molar-refractivity contribution in [3.8, 4) is 0 Å². The van der Waals surface area contributed by atoms with Crippen molar-refractivity contribution in [3.05, 3.63) is 0 Å². The van der Waals surface area contributed by atoms with Crippen LogP contribution in [0.2, 0.25) is 0 Å². The lowest BCUT2D eigenvalue weighted by Gasteiger charge is -2.62. The minimum atomic E-state index is 0.627. The van der Waals surface area contributed by atoms with E-state index in [-0.39, 0.29) is 0 Å². The minimum absolute atomic E-state index is 0.627. The van der Waals surface area contributed by atoms with Crippen LogP contribution in [0.15, 0.2) is 0 Å². The summed E-state index contributed by atoms with van der Waals surface area (Å²) in [6.45, 7) is 15.1. The third-order valence-electron chi connectivity index (χ3n) is 6.56. The summed E-state index contributed by atoms with van der Waals surface area (Å²) in [6.07, 6.45) is 4.43. The van der Waals surface area contributed by atoms with Gasteiger partial charge in [0.1, 0.15) is 0 Å². The molecule has 0 spiro atoms. The molecule has 0 nitrogen and oxygen atoms in total. The van der Waals surface area contributed by atoms with Crippen LogP contribution in [0.3, 0.4) is 0 Å². The Hall–Kier alpha value is 0.430. The molecule has 1 heteroatoms. The van der Waals surface area contributed by atoms with Gasteiger partial charge in [0.25, 0.3) is 0 Å². The van der Waals surface area contributed by atoms with E-state index in [0.29, 0.717) is 10.6 Å². The van der Waals surface area contributed by atoms with Gasteiger partial charge in [-0.25, -0.2) is 0 Å². The number of fused-ring (bicyclic) bond motifs is 2. The van der Waals surface area contributed by atoms with Crippen molar-refractivity contribution in [2.75, 3.05) is 6.66 Å². The van der Waals surface area contributed by atoms with E-state index in [2.05, 4.69) is 41.3 Å². The van der Waals surface area contributed by atoms with E-state index in [9.17, 15) is 0 Å². The first kappa shape index (κ1) is 12.9. The van der Waals surface area contributed by atoms with Crippen molar-refractivity contribution in [1.29, 1.82) is 0 Å². The first-order valence-corrected chi connectivity index (χ1v) is 8.55. The predicted molar refractivity (Wildman–Crippen MR) is 75.6 cm³/mol. The van der Waals surface area contributed by atoms with E-state index in [1.807, 2.05) is 0 Å². The van der Waals surface area contributed by atoms with Gasteiger partial charge in [0.15, 0.2) is 0 Å². The van der Waals surface area contributed by atoms with Crippen molar-refractivity contribution < 1.29 is 0 Å². The van der Waals surface area contributed by atoms with E-state index in [1.165, 1.54) is 19.3 Å². The third kappa shape index (κ3) is 1.52. The van der Waals surface area contributed by atoms with E-state index in [4.69, 9.17) is 0 Å². The maximum atomic E-state index is 2.58. The standard InChI is InChI=1S/C15H29P/c1-10-7-12(3)15(16-6)9-14(10,5)11(2)8-13(15)4/h10-13,16H,7-9H2,1-6H3/t10-,11?,12+,13?,14?,15?/m0/s1. The van der Waals surface area contributed by atoms with Crippen LogP contribution in [0.5, 0.6) is 0 Å². The van der Waals surface area contributed by atoms with Crippen LogP contribution < -0.4 is 0 Å². The van der Waals surface area contributed by atoms with Crippen molar-refractivity contribution >= 4 is 8.58 Å². The zero-order valence-electron chi connectivity index (χ0n) is 11.9. The normalized spacial score (nSPS) is 58.1. The van der Waals surface area contributed by atoms with Crippen LogP contribution in [0, 0.1) is 29.1 Å². The summed E-state index contributed by atoms with van der Waals surface area (Å²) in [5.41, 5.74) is 0.627. The highest BCUT2D eigenvalue weighted by Crippen LogP contribution is 2.65. The molecule has 0 N–H and O–H groups in total. The highest BCUT2D eigenvalue weighted by Gasteiger charge is 2.56. The van der Waals surface area contributed by atoms with Crippen molar-refractivity contribution in [3.63, 3.8) is 0 Å². The molecule has 0 aromatic carbocycles. The van der Waals surface area contributed by atoms with Crippen molar-refractivity contribution in [1.82, 2.24) is 0 Å². The summed E-state index contributed by atoms with van der Waals surface area (Å²) in [7, 11) is 1.14. The van der Waals surface area contributed by atoms with Crippen LogP contribution >= 0.6 is 8.58 Å². The Bertz CT molecular complexity index is 253. The fraction of sp³-hybridized carbons (Fsp3) is 1.00. The molecular weight excluding hydrogens is 211 g/mol. The molecule has 2 rings (SSSR count). The first-order chi connectivity index (χ1) is 7.36. The van der Waals surface area contributed by atoms with Crippen LogP contribution in [0.1, 0.15) is 53.9 Å². The zero-order valence-corrected chi connectivity index (χ0v) is 12.9. The lowest BCUT2D eigenvalue weighted by Crippen LogP contribution is -2.57. The van der Waals surface area contributed by atoms with Crippen molar-refractivity contribution in [2.45, 2.75) is 59.0 Å². The molecule has 0 aliphatic heterocycles. The van der Waals surface area contributed by atoms with E-state index in [0.717, 1.165) is 32.3 Å². The number of hydrogen-bond acceptors (Lipinski definition) is 0. The second-order valence-electron chi connectivity index (χ2n) is 7.05. The van der Waals surface area contributed by atoms with Gasteiger partial charge in [0, 0.05) is 0 Å². The summed E-state index contributed by atoms with van der Waals surface area (Å²) in [6, 6.07) is 0. The van der Waals surface area contributed by atoms with Gasteiger partial charge in [-0.05, 0) is 60.2 Å². The van der Waals surface area contributed by atoms with Crippen LogP contribution in [0.4, 0.5) is 0 Å². The monoisotopic (exact) mass is 240 g/mol. The van der Waals surface area contributed by atoms with Crippen LogP contribution in [0.25, 0.3) is 0 Å². The number of rotatable bonds is 1. The largest absolute Gasteiger partial charge is 0.118 e. The number of hydrogen-bond donors (Lipinski definition) is 0. The molecule has 2 saturated carbocycles. The Kier molecular flexibility index (Phi) is 3.20. The van der Waals surface area contributed by atoms with E-state index < -0.39 is 0 Å². The Morgan fingerprint density at radius 1 is 0.875 bits per heavy atom. The molecule has 0 aromatic heterocycles. The lowest BCUT2D eigenvalue weighted by atomic mass is 9.49. The molecule has 0 heterocycles. The average Bonchev–Trinajstić information content (AvgIpc) is 2.22. The molecule has 0 radical (unpaired) electrons. The Morgan fingerprint density at radius 3 is 1.69 bits per heavy atom. The van der Waals surface area contributed by atoms with Gasteiger partial charge in [0.2, 0.25) is 0 Å². The Labute approximate surface area is 104 Å². The van der Waals surface area contributed by atoms with Gasteiger partial charge in [-0.15, -0.1) is 8.58 Å². The highest BCUT2D eigenvalue weighted by molar-refractivity contribution is 7.39. The molecule has 2 bridgehead atoms. The third-order valence-corrected chi connectivity index (χ3v) is 8.66. The zero-order chi connectivity index (χ0) is 12.1. The average molecular weight is 240 g/mol. The second kappa shape index (κ2) is 3.98. The summed E-state index contributed by atoms with van der Waals surface area (Å²) >= 11 is 0. The second-order valence-corrected chi connectivity index (χ2v) is 8.48. The predicted octanol–water partition coefficient (Wildman–Crippen LogP) is 4.78. The molecule has 5 unspecified atom stereocenters. The van der Waals surface area contributed by atoms with Gasteiger partial charge in [-0.2, -0.15) is 0 Å². The molecule has 0 saturated heterocycles. The van der Waals surface area contributed by atoms with Crippen LogP contribution in [-0.2, 0) is 0 Å². The fourth-order valence-electron chi connectivity index (χ4n) is 4.90. The molecule has 0 amide bonds. The Morgan fingerprint density at radius 2 is 1.31 bits per heavy atom. The van der Waals surface area contributed by atoms with E-state index in [1.54, 1.807) is 0 Å². The van der Waals surface area contributed by atoms with Gasteiger partial charge >= 0.3 is 0 Å². The topological polar surface area (TPSA) is 0 Å². The molecule has 2 aliphatic rings. The molecule has 7 atom stereocenters. The molecule has 94 valence electrons. The van der Waals surface area contributed by atoms with Gasteiger partial charge in [-0.3, -0.25) is 0 Å². The molecular formula is C15H29P. The maximum Gasteiger partial charge on any atom is -0.00676 e. The van der Waals surface area contributed by atoms with Gasteiger partial charge in [0.05, 0.1) is 0 Å². The van der Waals surface area contributed by atoms with Crippen LogP contribution in [-0.4, -0.2) is 11.8 Å². The Balaban J connectivity index is 2.39. The minimum Gasteiger partial charge on any atom is -0.118 e. The summed E-state index contributed by atoms with van der Waals surface area (Å²) in [5, 5.41) is 0.688.